The van der Waals surface area contributed by atoms with Gasteiger partial charge >= 0.3 is 0 Å². The SMILES string of the molecule is CC(Nc1nc2ccccc2n1C)c1ccccn1. The van der Waals surface area contributed by atoms with Crippen molar-refractivity contribution < 1.29 is 0 Å². The van der Waals surface area contributed by atoms with Crippen molar-refractivity contribution in [3.63, 3.8) is 0 Å². The maximum Gasteiger partial charge on any atom is 0.204 e. The number of fused-ring (bicyclic) bond motifs is 1. The van der Waals surface area contributed by atoms with Gasteiger partial charge in [0.25, 0.3) is 0 Å². The van der Waals surface area contributed by atoms with Crippen LogP contribution in [0, 0.1) is 0 Å². The monoisotopic (exact) mass is 252 g/mol. The minimum Gasteiger partial charge on any atom is -0.348 e. The van der Waals surface area contributed by atoms with Crippen LogP contribution in [0.25, 0.3) is 11.0 Å². The highest BCUT2D eigenvalue weighted by atomic mass is 15.2. The molecular formula is C15H16N4. The van der Waals surface area contributed by atoms with Gasteiger partial charge in [-0.25, -0.2) is 4.98 Å². The van der Waals surface area contributed by atoms with Crippen molar-refractivity contribution in [1.29, 1.82) is 0 Å². The molecule has 0 aliphatic heterocycles. The Morgan fingerprint density at radius 2 is 1.89 bits per heavy atom. The molecule has 1 N–H and O–H groups in total. The van der Waals surface area contributed by atoms with Gasteiger partial charge in [-0.1, -0.05) is 18.2 Å². The molecule has 0 spiro atoms. The Balaban J connectivity index is 1.91. The number of anilines is 1. The predicted molar refractivity (Wildman–Crippen MR) is 77.0 cm³/mol. The molecule has 0 radical (unpaired) electrons. The van der Waals surface area contributed by atoms with Crippen LogP contribution in [0.2, 0.25) is 0 Å². The first-order valence-corrected chi connectivity index (χ1v) is 6.34. The number of aryl methyl sites for hydroxylation is 1. The predicted octanol–water partition coefficient (Wildman–Crippen LogP) is 3.14. The van der Waals surface area contributed by atoms with Gasteiger partial charge < -0.3 is 9.88 Å². The smallest absolute Gasteiger partial charge is 0.204 e. The average molecular weight is 252 g/mol. The van der Waals surface area contributed by atoms with Gasteiger partial charge in [-0.2, -0.15) is 0 Å². The lowest BCUT2D eigenvalue weighted by Crippen LogP contribution is -2.11. The van der Waals surface area contributed by atoms with E-state index in [1.54, 1.807) is 0 Å². The van der Waals surface area contributed by atoms with Crippen molar-refractivity contribution in [2.75, 3.05) is 5.32 Å². The topological polar surface area (TPSA) is 42.7 Å². The molecule has 4 nitrogen and oxygen atoms in total. The molecule has 2 heterocycles. The molecule has 3 aromatic rings. The Morgan fingerprint density at radius 3 is 2.63 bits per heavy atom. The zero-order valence-corrected chi connectivity index (χ0v) is 11.0. The number of benzene rings is 1. The van der Waals surface area contributed by atoms with Gasteiger partial charge in [-0.15, -0.1) is 0 Å². The van der Waals surface area contributed by atoms with E-state index in [4.69, 9.17) is 0 Å². The van der Waals surface area contributed by atoms with Crippen molar-refractivity contribution in [3.8, 4) is 0 Å². The third-order valence-corrected chi connectivity index (χ3v) is 3.26. The van der Waals surface area contributed by atoms with E-state index in [1.807, 2.05) is 49.6 Å². The Hall–Kier alpha value is -2.36. The van der Waals surface area contributed by atoms with Crippen molar-refractivity contribution >= 4 is 17.0 Å². The lowest BCUT2D eigenvalue weighted by molar-refractivity contribution is 0.803. The van der Waals surface area contributed by atoms with Gasteiger partial charge in [0.15, 0.2) is 0 Å². The summed E-state index contributed by atoms with van der Waals surface area (Å²) in [6, 6.07) is 14.2. The molecule has 0 saturated heterocycles. The van der Waals surface area contributed by atoms with Crippen molar-refractivity contribution in [2.24, 2.45) is 7.05 Å². The van der Waals surface area contributed by atoms with Gasteiger partial charge in [0.1, 0.15) is 0 Å². The second kappa shape index (κ2) is 4.72. The normalized spacial score (nSPS) is 12.5. The molecule has 2 aromatic heterocycles. The molecule has 1 aromatic carbocycles. The molecule has 3 rings (SSSR count). The van der Waals surface area contributed by atoms with Crippen LogP contribution in [0.1, 0.15) is 18.7 Å². The van der Waals surface area contributed by atoms with Crippen LogP contribution in [-0.2, 0) is 7.05 Å². The second-order valence-corrected chi connectivity index (χ2v) is 4.60. The fourth-order valence-corrected chi connectivity index (χ4v) is 2.17. The standard InChI is InChI=1S/C15H16N4/c1-11(12-7-5-6-10-16-12)17-15-18-13-8-3-4-9-14(13)19(15)2/h3-11H,1-2H3,(H,17,18). The highest BCUT2D eigenvalue weighted by Crippen LogP contribution is 2.21. The van der Waals surface area contributed by atoms with E-state index in [0.717, 1.165) is 22.7 Å². The summed E-state index contributed by atoms with van der Waals surface area (Å²) in [7, 11) is 2.02. The number of para-hydroxylation sites is 2. The van der Waals surface area contributed by atoms with E-state index < -0.39 is 0 Å². The molecule has 0 amide bonds. The number of hydrogen-bond acceptors (Lipinski definition) is 3. The average Bonchev–Trinajstić information content (AvgIpc) is 2.77. The van der Waals surface area contributed by atoms with E-state index >= 15 is 0 Å². The number of imidazole rings is 1. The molecule has 96 valence electrons. The summed E-state index contributed by atoms with van der Waals surface area (Å²) < 4.78 is 2.06. The summed E-state index contributed by atoms with van der Waals surface area (Å²) in [6.45, 7) is 2.08. The van der Waals surface area contributed by atoms with Crippen LogP contribution in [0.15, 0.2) is 48.7 Å². The molecule has 0 saturated carbocycles. The Kier molecular flexibility index (Phi) is 2.91. The summed E-state index contributed by atoms with van der Waals surface area (Å²) in [5.41, 5.74) is 3.13. The minimum atomic E-state index is 0.122. The van der Waals surface area contributed by atoms with E-state index in [9.17, 15) is 0 Å². The lowest BCUT2D eigenvalue weighted by Gasteiger charge is -2.13. The fraction of sp³-hybridized carbons (Fsp3) is 0.200. The van der Waals surface area contributed by atoms with Gasteiger partial charge in [0, 0.05) is 13.2 Å². The zero-order chi connectivity index (χ0) is 13.2. The maximum absolute atomic E-state index is 4.60. The van der Waals surface area contributed by atoms with Crippen LogP contribution < -0.4 is 5.32 Å². The Bertz CT molecular complexity index is 688. The quantitative estimate of drug-likeness (QED) is 0.778. The van der Waals surface area contributed by atoms with Gasteiger partial charge in [-0.3, -0.25) is 4.98 Å². The molecule has 1 atom stereocenters. The van der Waals surface area contributed by atoms with Crippen molar-refractivity contribution in [3.05, 3.63) is 54.4 Å². The Labute approximate surface area is 112 Å². The third-order valence-electron chi connectivity index (χ3n) is 3.26. The fourth-order valence-electron chi connectivity index (χ4n) is 2.17. The third kappa shape index (κ3) is 2.17. The number of nitrogens with zero attached hydrogens (tertiary/aromatic N) is 3. The van der Waals surface area contributed by atoms with Crippen LogP contribution >= 0.6 is 0 Å². The molecular weight excluding hydrogens is 236 g/mol. The van der Waals surface area contributed by atoms with Gasteiger partial charge in [0.2, 0.25) is 5.95 Å². The first kappa shape index (κ1) is 11.7. The number of hydrogen-bond donors (Lipinski definition) is 1. The first-order chi connectivity index (χ1) is 9.25. The summed E-state index contributed by atoms with van der Waals surface area (Å²) in [5.74, 6) is 0.861. The first-order valence-electron chi connectivity index (χ1n) is 6.34. The van der Waals surface area contributed by atoms with Crippen LogP contribution in [-0.4, -0.2) is 14.5 Å². The largest absolute Gasteiger partial charge is 0.348 e. The van der Waals surface area contributed by atoms with Crippen LogP contribution in [0.5, 0.6) is 0 Å². The number of aromatic nitrogens is 3. The zero-order valence-electron chi connectivity index (χ0n) is 11.0. The van der Waals surface area contributed by atoms with E-state index in [-0.39, 0.29) is 6.04 Å². The number of nitrogens with one attached hydrogen (secondary N) is 1. The van der Waals surface area contributed by atoms with Crippen molar-refractivity contribution in [2.45, 2.75) is 13.0 Å². The minimum absolute atomic E-state index is 0.122. The molecule has 0 aliphatic rings. The second-order valence-electron chi connectivity index (χ2n) is 4.60. The number of pyridine rings is 1. The summed E-state index contributed by atoms with van der Waals surface area (Å²) in [6.07, 6.45) is 1.81. The molecule has 4 heteroatoms. The summed E-state index contributed by atoms with van der Waals surface area (Å²) in [5, 5.41) is 3.41. The highest BCUT2D eigenvalue weighted by Gasteiger charge is 2.11. The van der Waals surface area contributed by atoms with E-state index in [2.05, 4.69) is 32.8 Å². The van der Waals surface area contributed by atoms with Gasteiger partial charge in [-0.05, 0) is 31.2 Å². The van der Waals surface area contributed by atoms with E-state index in [1.165, 1.54) is 0 Å². The summed E-state index contributed by atoms with van der Waals surface area (Å²) in [4.78, 5) is 8.96. The van der Waals surface area contributed by atoms with Gasteiger partial charge in [0.05, 0.1) is 22.8 Å². The van der Waals surface area contributed by atoms with E-state index in [0.29, 0.717) is 0 Å². The lowest BCUT2D eigenvalue weighted by atomic mass is 10.2. The molecule has 0 bridgehead atoms. The number of rotatable bonds is 3. The molecule has 0 aliphatic carbocycles. The highest BCUT2D eigenvalue weighted by molar-refractivity contribution is 5.78. The molecule has 1 unspecified atom stereocenters. The maximum atomic E-state index is 4.60. The van der Waals surface area contributed by atoms with Crippen LogP contribution in [0.3, 0.4) is 0 Å². The van der Waals surface area contributed by atoms with Crippen LogP contribution in [0.4, 0.5) is 5.95 Å². The molecule has 0 fully saturated rings. The van der Waals surface area contributed by atoms with Crippen molar-refractivity contribution in [1.82, 2.24) is 14.5 Å². The Morgan fingerprint density at radius 1 is 1.11 bits per heavy atom. The molecule has 19 heavy (non-hydrogen) atoms. The summed E-state index contributed by atoms with van der Waals surface area (Å²) >= 11 is 0.